The number of esters is 6. The van der Waals surface area contributed by atoms with E-state index in [0.29, 0.717) is 33.4 Å². The topological polar surface area (TPSA) is 204 Å². The van der Waals surface area contributed by atoms with Crippen molar-refractivity contribution in [2.75, 3.05) is 19.8 Å². The van der Waals surface area contributed by atoms with Crippen LogP contribution in [0.4, 0.5) is 0 Å². The highest BCUT2D eigenvalue weighted by Crippen LogP contribution is 2.48. The van der Waals surface area contributed by atoms with E-state index in [-0.39, 0.29) is 5.56 Å². The summed E-state index contributed by atoms with van der Waals surface area (Å²) in [6.07, 6.45) is -13.7. The Balaban J connectivity index is 1.27. The van der Waals surface area contributed by atoms with E-state index in [1.165, 1.54) is 19.1 Å². The predicted molar refractivity (Wildman–Crippen MR) is 302 cm³/mol. The Morgan fingerprint density at radius 2 is 0.762 bits per heavy atom. The van der Waals surface area contributed by atoms with E-state index in [4.69, 9.17) is 52.1 Å². The van der Waals surface area contributed by atoms with Gasteiger partial charge < -0.3 is 52.1 Å². The van der Waals surface area contributed by atoms with Crippen molar-refractivity contribution in [2.24, 2.45) is 0 Å². The fourth-order valence-electron chi connectivity index (χ4n) is 10.9. The summed E-state index contributed by atoms with van der Waals surface area (Å²) in [5.74, 6) is -7.79. The fraction of sp³-hybridized carbons (Fsp3) is 0.284. The number of hydrogen-bond donors (Lipinski definition) is 0. The van der Waals surface area contributed by atoms with Gasteiger partial charge in [0.15, 0.2) is 30.5 Å². The van der Waals surface area contributed by atoms with Crippen LogP contribution >= 0.6 is 0 Å². The van der Waals surface area contributed by atoms with Gasteiger partial charge in [-0.1, -0.05) is 200 Å². The number of carbonyl (C=O) groups is 6. The maximum absolute atomic E-state index is 14.3. The molecule has 434 valence electrons. The van der Waals surface area contributed by atoms with Crippen LogP contribution in [0.15, 0.2) is 212 Å². The molecule has 0 saturated carbocycles. The van der Waals surface area contributed by atoms with Gasteiger partial charge in [0, 0.05) is 34.6 Å². The molecule has 0 spiro atoms. The van der Waals surface area contributed by atoms with Gasteiger partial charge in [0.2, 0.25) is 12.1 Å². The molecule has 0 bridgehead atoms. The molecule has 17 heteroatoms. The lowest BCUT2D eigenvalue weighted by molar-refractivity contribution is -0.388. The molecule has 2 aliphatic rings. The third kappa shape index (κ3) is 13.3. The Hall–Kier alpha value is -8.84. The molecule has 2 aliphatic heterocycles. The first kappa shape index (κ1) is 59.8. The Labute approximate surface area is 486 Å². The zero-order valence-electron chi connectivity index (χ0n) is 46.9. The van der Waals surface area contributed by atoms with Crippen LogP contribution in [-0.4, -0.2) is 110 Å². The molecule has 7 aromatic carbocycles. The minimum absolute atomic E-state index is 0.0591. The predicted octanol–water partition coefficient (Wildman–Crippen LogP) is 9.36. The normalized spacial score (nSPS) is 22.2. The summed E-state index contributed by atoms with van der Waals surface area (Å²) in [6, 6.07) is 64.2. The highest BCUT2D eigenvalue weighted by Gasteiger charge is 2.65. The van der Waals surface area contributed by atoms with Crippen LogP contribution < -0.4 is 0 Å². The van der Waals surface area contributed by atoms with Crippen molar-refractivity contribution in [3.63, 3.8) is 0 Å². The van der Waals surface area contributed by atoms with E-state index in [2.05, 4.69) is 0 Å². The zero-order valence-corrected chi connectivity index (χ0v) is 46.9. The summed E-state index contributed by atoms with van der Waals surface area (Å²) in [5, 5.41) is 0. The second-order valence-electron chi connectivity index (χ2n) is 20.1. The summed E-state index contributed by atoms with van der Waals surface area (Å²) >= 11 is 0. The lowest BCUT2D eigenvalue weighted by Crippen LogP contribution is -2.66. The van der Waals surface area contributed by atoms with Gasteiger partial charge in [-0.05, 0) is 45.5 Å². The molecule has 0 amide bonds. The summed E-state index contributed by atoms with van der Waals surface area (Å²) in [7, 11) is 0. The molecule has 0 N–H and O–H groups in total. The van der Waals surface area contributed by atoms with Gasteiger partial charge in [0.05, 0.1) is 12.2 Å². The molecule has 0 aromatic heterocycles. The molecule has 2 fully saturated rings. The van der Waals surface area contributed by atoms with Gasteiger partial charge in [-0.3, -0.25) is 24.0 Å². The van der Waals surface area contributed by atoms with Gasteiger partial charge >= 0.3 is 35.8 Å². The van der Waals surface area contributed by atoms with E-state index < -0.39 is 122 Å². The van der Waals surface area contributed by atoms with E-state index in [0.717, 1.165) is 27.7 Å². The van der Waals surface area contributed by atoms with Crippen LogP contribution in [0.5, 0.6) is 0 Å². The fourth-order valence-corrected chi connectivity index (χ4v) is 10.9. The van der Waals surface area contributed by atoms with Gasteiger partial charge in [-0.2, -0.15) is 0 Å². The SMILES string of the molecule is CC(=O)OC[C@H]1O[C@H](O[C@]2(COC(c3ccccc3)(c3ccccc3)c3ccccc3)O[C@H](COC(c3ccccc3)(c3ccccc3)c3ccccc3)[C@@H](OC(C)=O)[C@@H]2OC(C)=O)[C@H](OC(C)=O)[C@@H](OC(=O)c2ccccc2)[C@H]1OC(C)=O. The van der Waals surface area contributed by atoms with Crippen LogP contribution in [0.25, 0.3) is 0 Å². The smallest absolute Gasteiger partial charge is 0.338 e. The van der Waals surface area contributed by atoms with Gasteiger partial charge in [-0.25, -0.2) is 4.79 Å². The first-order valence-corrected chi connectivity index (χ1v) is 27.3. The minimum atomic E-state index is -2.56. The Bertz CT molecular complexity index is 3120. The lowest BCUT2D eigenvalue weighted by atomic mass is 9.80. The lowest BCUT2D eigenvalue weighted by Gasteiger charge is -2.47. The summed E-state index contributed by atoms with van der Waals surface area (Å²) in [5.41, 5.74) is 1.11. The third-order valence-corrected chi connectivity index (χ3v) is 14.3. The molecule has 2 heterocycles. The van der Waals surface area contributed by atoms with Crippen molar-refractivity contribution in [1.82, 2.24) is 0 Å². The largest absolute Gasteiger partial charge is 0.463 e. The van der Waals surface area contributed by atoms with Crippen LogP contribution in [0.2, 0.25) is 0 Å². The first-order chi connectivity index (χ1) is 40.6. The second-order valence-corrected chi connectivity index (χ2v) is 20.1. The minimum Gasteiger partial charge on any atom is -0.463 e. The standard InChI is InChI=1S/C67H64O17/c1-44(68)74-41-56-58(77-45(2)69)60(82-63(73)49-27-13-6-14-28-49)61(79-47(4)71)64(81-56)84-65(43-76-67(53-35-21-10-22-36-53,54-37-23-11-24-38-54)55-39-25-12-26-40-55)62(80-48(5)72)59(78-46(3)70)57(83-65)42-75-66(50-29-15-7-16-30-50,51-31-17-8-18-32-51)52-33-19-9-20-34-52/h6-40,56-62,64H,41-43H2,1-5H3/t56-,57-,58+,59-,60+,61-,62+,64-,65+/m1/s1. The Kier molecular flexibility index (Phi) is 19.2. The highest BCUT2D eigenvalue weighted by molar-refractivity contribution is 5.89. The van der Waals surface area contributed by atoms with Crippen molar-refractivity contribution < 1.29 is 80.9 Å². The third-order valence-electron chi connectivity index (χ3n) is 14.3. The van der Waals surface area contributed by atoms with Gasteiger partial charge in [0.1, 0.15) is 36.6 Å². The molecule has 17 nitrogen and oxygen atoms in total. The first-order valence-electron chi connectivity index (χ1n) is 27.3. The molecule has 9 rings (SSSR count). The van der Waals surface area contributed by atoms with E-state index in [9.17, 15) is 28.8 Å². The van der Waals surface area contributed by atoms with Gasteiger partial charge in [0.25, 0.3) is 0 Å². The van der Waals surface area contributed by atoms with Crippen molar-refractivity contribution >= 4 is 35.8 Å². The van der Waals surface area contributed by atoms with E-state index in [1.54, 1.807) is 18.2 Å². The van der Waals surface area contributed by atoms with Crippen LogP contribution in [-0.2, 0) is 87.3 Å². The zero-order chi connectivity index (χ0) is 59.3. The Morgan fingerprint density at radius 1 is 0.393 bits per heavy atom. The molecular weight excluding hydrogens is 1080 g/mol. The summed E-state index contributed by atoms with van der Waals surface area (Å²) in [6.45, 7) is 3.84. The monoisotopic (exact) mass is 1140 g/mol. The maximum Gasteiger partial charge on any atom is 0.338 e. The maximum atomic E-state index is 14.3. The Morgan fingerprint density at radius 3 is 1.15 bits per heavy atom. The molecule has 0 unspecified atom stereocenters. The molecular formula is C67H64O17. The number of carbonyl (C=O) groups excluding carboxylic acids is 6. The van der Waals surface area contributed by atoms with E-state index in [1.807, 2.05) is 182 Å². The number of hydrogen-bond acceptors (Lipinski definition) is 17. The average Bonchev–Trinajstić information content (AvgIpc) is 1.89. The number of rotatable bonds is 22. The van der Waals surface area contributed by atoms with Crippen molar-refractivity contribution in [3.05, 3.63) is 251 Å². The molecule has 2 saturated heterocycles. The van der Waals surface area contributed by atoms with Crippen molar-refractivity contribution in [2.45, 2.75) is 101 Å². The molecule has 84 heavy (non-hydrogen) atoms. The summed E-state index contributed by atoms with van der Waals surface area (Å²) in [4.78, 5) is 81.1. The second kappa shape index (κ2) is 27.0. The molecule has 0 radical (unpaired) electrons. The van der Waals surface area contributed by atoms with Gasteiger partial charge in [-0.15, -0.1) is 0 Å². The molecule has 0 aliphatic carbocycles. The summed E-state index contributed by atoms with van der Waals surface area (Å²) < 4.78 is 72.3. The number of benzene rings is 7. The van der Waals surface area contributed by atoms with Crippen LogP contribution in [0.3, 0.4) is 0 Å². The van der Waals surface area contributed by atoms with Crippen molar-refractivity contribution in [1.29, 1.82) is 0 Å². The average molecular weight is 1140 g/mol. The quantitative estimate of drug-likeness (QED) is 0.0352. The van der Waals surface area contributed by atoms with E-state index >= 15 is 0 Å². The van der Waals surface area contributed by atoms with Crippen molar-refractivity contribution in [3.8, 4) is 0 Å². The molecule has 9 atom stereocenters. The highest BCUT2D eigenvalue weighted by atomic mass is 16.8. The van der Waals surface area contributed by atoms with Crippen LogP contribution in [0.1, 0.15) is 78.4 Å². The number of ether oxygens (including phenoxy) is 11. The molecule has 7 aromatic rings. The van der Waals surface area contributed by atoms with Crippen LogP contribution in [0, 0.1) is 0 Å².